The summed E-state index contributed by atoms with van der Waals surface area (Å²) in [5, 5.41) is 6.89. The van der Waals surface area contributed by atoms with Crippen LogP contribution in [0.5, 0.6) is 0 Å². The molecule has 0 spiro atoms. The molecular weight excluding hydrogens is 292 g/mol. The standard InChI is InChI=1S/C17H30N4O2/c1-13-15(14(2)23-19-13)12-18-16(22)21-10-8-20(9-11-21)7-6-17(3,4)5/h6-12H2,1-5H3,(H,18,22). The fourth-order valence-corrected chi connectivity index (χ4v) is 2.70. The molecule has 6 heteroatoms. The lowest BCUT2D eigenvalue weighted by atomic mass is 9.92. The van der Waals surface area contributed by atoms with Crippen molar-refractivity contribution in [2.45, 2.75) is 47.6 Å². The second-order valence-corrected chi connectivity index (χ2v) is 7.60. The average Bonchev–Trinajstić information content (AvgIpc) is 2.81. The number of aryl methyl sites for hydroxylation is 2. The molecule has 6 nitrogen and oxygen atoms in total. The number of piperazine rings is 1. The van der Waals surface area contributed by atoms with Gasteiger partial charge in [-0.15, -0.1) is 0 Å². The SMILES string of the molecule is Cc1noc(C)c1CNC(=O)N1CCN(CCC(C)(C)C)CC1. The molecule has 1 aliphatic heterocycles. The molecule has 1 aliphatic rings. The van der Waals surface area contributed by atoms with Gasteiger partial charge in [0, 0.05) is 38.3 Å². The Bertz CT molecular complexity index is 506. The van der Waals surface area contributed by atoms with Crippen LogP contribution in [0.3, 0.4) is 0 Å². The predicted octanol–water partition coefficient (Wildman–Crippen LogP) is 2.55. The molecule has 0 radical (unpaired) electrons. The first-order chi connectivity index (χ1) is 10.8. The summed E-state index contributed by atoms with van der Waals surface area (Å²) in [4.78, 5) is 16.6. The largest absolute Gasteiger partial charge is 0.361 e. The van der Waals surface area contributed by atoms with Crippen LogP contribution in [0.25, 0.3) is 0 Å². The minimum atomic E-state index is 0.000436. The average molecular weight is 322 g/mol. The van der Waals surface area contributed by atoms with Gasteiger partial charge in [-0.2, -0.15) is 0 Å². The first-order valence-electron chi connectivity index (χ1n) is 8.43. The van der Waals surface area contributed by atoms with Crippen LogP contribution < -0.4 is 5.32 Å². The van der Waals surface area contributed by atoms with Crippen molar-refractivity contribution in [3.63, 3.8) is 0 Å². The second-order valence-electron chi connectivity index (χ2n) is 7.60. The molecule has 0 aliphatic carbocycles. The Balaban J connectivity index is 1.73. The maximum Gasteiger partial charge on any atom is 0.317 e. The van der Waals surface area contributed by atoms with Crippen LogP contribution in [-0.4, -0.2) is 53.7 Å². The van der Waals surface area contributed by atoms with E-state index >= 15 is 0 Å². The van der Waals surface area contributed by atoms with Crippen molar-refractivity contribution < 1.29 is 9.32 Å². The minimum Gasteiger partial charge on any atom is -0.361 e. The highest BCUT2D eigenvalue weighted by atomic mass is 16.5. The summed E-state index contributed by atoms with van der Waals surface area (Å²) in [6.45, 7) is 15.6. The van der Waals surface area contributed by atoms with Gasteiger partial charge in [-0.1, -0.05) is 25.9 Å². The summed E-state index contributed by atoms with van der Waals surface area (Å²) in [5.41, 5.74) is 2.18. The fourth-order valence-electron chi connectivity index (χ4n) is 2.70. The van der Waals surface area contributed by atoms with Gasteiger partial charge >= 0.3 is 6.03 Å². The molecule has 0 bridgehead atoms. The van der Waals surface area contributed by atoms with Crippen molar-refractivity contribution in [3.8, 4) is 0 Å². The van der Waals surface area contributed by atoms with Gasteiger partial charge in [0.2, 0.25) is 0 Å². The molecule has 0 atom stereocenters. The van der Waals surface area contributed by atoms with E-state index in [4.69, 9.17) is 4.52 Å². The molecule has 0 saturated carbocycles. The van der Waals surface area contributed by atoms with E-state index in [1.165, 1.54) is 6.42 Å². The molecule has 1 N–H and O–H groups in total. The number of amides is 2. The Morgan fingerprint density at radius 2 is 1.87 bits per heavy atom. The van der Waals surface area contributed by atoms with Gasteiger partial charge in [-0.05, 0) is 32.2 Å². The van der Waals surface area contributed by atoms with E-state index in [0.29, 0.717) is 12.0 Å². The number of aromatic nitrogens is 1. The Hall–Kier alpha value is -1.56. The molecule has 2 rings (SSSR count). The number of nitrogens with zero attached hydrogens (tertiary/aromatic N) is 3. The van der Waals surface area contributed by atoms with Crippen molar-refractivity contribution >= 4 is 6.03 Å². The van der Waals surface area contributed by atoms with Crippen molar-refractivity contribution in [2.75, 3.05) is 32.7 Å². The van der Waals surface area contributed by atoms with E-state index < -0.39 is 0 Å². The second kappa shape index (κ2) is 7.34. The van der Waals surface area contributed by atoms with Gasteiger partial charge in [0.05, 0.1) is 5.69 Å². The number of hydrogen-bond acceptors (Lipinski definition) is 4. The van der Waals surface area contributed by atoms with E-state index in [1.54, 1.807) is 0 Å². The normalized spacial score (nSPS) is 16.7. The number of rotatable bonds is 4. The maximum atomic E-state index is 12.3. The highest BCUT2D eigenvalue weighted by Crippen LogP contribution is 2.19. The molecule has 1 fully saturated rings. The molecule has 2 heterocycles. The number of urea groups is 1. The van der Waals surface area contributed by atoms with Gasteiger partial charge in [0.1, 0.15) is 5.76 Å². The van der Waals surface area contributed by atoms with Crippen LogP contribution in [0.4, 0.5) is 4.79 Å². The van der Waals surface area contributed by atoms with E-state index in [9.17, 15) is 4.79 Å². The monoisotopic (exact) mass is 322 g/mol. The predicted molar refractivity (Wildman–Crippen MR) is 90.3 cm³/mol. The number of nitrogens with one attached hydrogen (secondary N) is 1. The lowest BCUT2D eigenvalue weighted by Gasteiger charge is -2.35. The lowest BCUT2D eigenvalue weighted by Crippen LogP contribution is -2.52. The summed E-state index contributed by atoms with van der Waals surface area (Å²) in [7, 11) is 0. The molecule has 130 valence electrons. The van der Waals surface area contributed by atoms with Crippen molar-refractivity contribution in [2.24, 2.45) is 5.41 Å². The minimum absolute atomic E-state index is 0.000436. The van der Waals surface area contributed by atoms with Crippen molar-refractivity contribution in [1.82, 2.24) is 20.3 Å². The van der Waals surface area contributed by atoms with Crippen molar-refractivity contribution in [3.05, 3.63) is 17.0 Å². The first-order valence-corrected chi connectivity index (χ1v) is 8.43. The zero-order valence-electron chi connectivity index (χ0n) is 15.1. The highest BCUT2D eigenvalue weighted by molar-refractivity contribution is 5.74. The van der Waals surface area contributed by atoms with E-state index in [-0.39, 0.29) is 6.03 Å². The molecule has 0 unspecified atom stereocenters. The van der Waals surface area contributed by atoms with E-state index in [1.807, 2.05) is 18.7 Å². The molecule has 1 aromatic heterocycles. The fraction of sp³-hybridized carbons (Fsp3) is 0.765. The Morgan fingerprint density at radius 3 is 2.39 bits per heavy atom. The lowest BCUT2D eigenvalue weighted by molar-refractivity contribution is 0.129. The zero-order valence-corrected chi connectivity index (χ0v) is 15.1. The Kier molecular flexibility index (Phi) is 5.68. The molecule has 0 aromatic carbocycles. The maximum absolute atomic E-state index is 12.3. The Morgan fingerprint density at radius 1 is 1.22 bits per heavy atom. The molecule has 2 amide bonds. The number of hydrogen-bond donors (Lipinski definition) is 1. The Labute approximate surface area is 139 Å². The third-order valence-electron chi connectivity index (χ3n) is 4.44. The van der Waals surface area contributed by atoms with Crippen LogP contribution in [0, 0.1) is 19.3 Å². The van der Waals surface area contributed by atoms with Gasteiger partial charge < -0.3 is 14.7 Å². The summed E-state index contributed by atoms with van der Waals surface area (Å²) in [6.07, 6.45) is 1.19. The van der Waals surface area contributed by atoms with Crippen LogP contribution in [0.1, 0.15) is 44.2 Å². The van der Waals surface area contributed by atoms with Crippen LogP contribution in [-0.2, 0) is 6.54 Å². The smallest absolute Gasteiger partial charge is 0.317 e. The van der Waals surface area contributed by atoms with Gasteiger partial charge in [-0.25, -0.2) is 4.79 Å². The van der Waals surface area contributed by atoms with Gasteiger partial charge in [0.15, 0.2) is 0 Å². The summed E-state index contributed by atoms with van der Waals surface area (Å²) in [5.74, 6) is 0.773. The third kappa shape index (κ3) is 5.23. The number of carbonyl (C=O) groups is 1. The molecule has 1 aromatic rings. The van der Waals surface area contributed by atoms with Crippen LogP contribution in [0.2, 0.25) is 0 Å². The topological polar surface area (TPSA) is 61.6 Å². The quantitative estimate of drug-likeness (QED) is 0.925. The summed E-state index contributed by atoms with van der Waals surface area (Å²) >= 11 is 0. The zero-order chi connectivity index (χ0) is 17.0. The number of carbonyl (C=O) groups excluding carboxylic acids is 1. The third-order valence-corrected chi connectivity index (χ3v) is 4.44. The molecule has 1 saturated heterocycles. The summed E-state index contributed by atoms with van der Waals surface area (Å²) in [6, 6.07) is 0.000436. The van der Waals surface area contributed by atoms with Crippen LogP contribution >= 0.6 is 0 Å². The molecular formula is C17H30N4O2. The van der Waals surface area contributed by atoms with Gasteiger partial charge in [-0.3, -0.25) is 4.90 Å². The first kappa shape index (κ1) is 17.8. The van der Waals surface area contributed by atoms with Gasteiger partial charge in [0.25, 0.3) is 0 Å². The van der Waals surface area contributed by atoms with Crippen molar-refractivity contribution in [1.29, 1.82) is 0 Å². The van der Waals surface area contributed by atoms with E-state index in [0.717, 1.165) is 49.7 Å². The highest BCUT2D eigenvalue weighted by Gasteiger charge is 2.22. The molecule has 23 heavy (non-hydrogen) atoms. The summed E-state index contributed by atoms with van der Waals surface area (Å²) < 4.78 is 5.12. The van der Waals surface area contributed by atoms with Crippen LogP contribution in [0.15, 0.2) is 4.52 Å². The van der Waals surface area contributed by atoms with E-state index in [2.05, 4.69) is 36.1 Å².